The zero-order chi connectivity index (χ0) is 13.8. The van der Waals surface area contributed by atoms with Crippen LogP contribution in [0, 0.1) is 11.3 Å². The van der Waals surface area contributed by atoms with Gasteiger partial charge in [0.15, 0.2) is 0 Å². The van der Waals surface area contributed by atoms with Gasteiger partial charge in [0.25, 0.3) is 0 Å². The van der Waals surface area contributed by atoms with Gasteiger partial charge in [0.05, 0.1) is 24.3 Å². The van der Waals surface area contributed by atoms with Crippen LogP contribution in [0.2, 0.25) is 0 Å². The molecule has 1 unspecified atom stereocenters. The Kier molecular flexibility index (Phi) is 3.56. The van der Waals surface area contributed by atoms with Crippen LogP contribution < -0.4 is 4.90 Å². The highest BCUT2D eigenvalue weighted by molar-refractivity contribution is 5.29. The molecule has 0 spiro atoms. The first-order valence-corrected chi connectivity index (χ1v) is 6.52. The third kappa shape index (κ3) is 2.46. The number of rotatable bonds is 3. The van der Waals surface area contributed by atoms with Gasteiger partial charge in [0.1, 0.15) is 6.04 Å². The van der Waals surface area contributed by atoms with E-state index in [1.807, 2.05) is 6.07 Å². The van der Waals surface area contributed by atoms with Crippen molar-refractivity contribution in [1.29, 1.82) is 5.26 Å². The molecule has 20 heavy (non-hydrogen) atoms. The van der Waals surface area contributed by atoms with E-state index in [0.717, 1.165) is 37.8 Å². The van der Waals surface area contributed by atoms with Gasteiger partial charge in [-0.05, 0) is 6.07 Å². The molecule has 0 saturated carbocycles. The lowest BCUT2D eigenvalue weighted by Gasteiger charge is -2.36. The molecule has 3 heterocycles. The molecule has 1 N–H and O–H groups in total. The number of aromatic nitrogens is 4. The second-order valence-corrected chi connectivity index (χ2v) is 4.61. The topological polar surface area (TPSA) is 84.7 Å². The zero-order valence-corrected chi connectivity index (χ0v) is 11.0. The number of imidazole rings is 1. The maximum atomic E-state index is 9.36. The molecular weight excluding hydrogens is 254 g/mol. The molecule has 1 saturated heterocycles. The SMILES string of the molecule is N#CC(c1cnc[nH]1)N1CCN(c2ncccn2)CC1. The fourth-order valence-electron chi connectivity index (χ4n) is 2.40. The van der Waals surface area contributed by atoms with Gasteiger partial charge in [-0.2, -0.15) is 5.26 Å². The molecule has 7 nitrogen and oxygen atoms in total. The predicted octanol–water partition coefficient (Wildman–Crippen LogP) is 0.587. The van der Waals surface area contributed by atoms with Crippen molar-refractivity contribution in [2.24, 2.45) is 0 Å². The number of aromatic amines is 1. The maximum absolute atomic E-state index is 9.36. The van der Waals surface area contributed by atoms with Crippen LogP contribution in [0.25, 0.3) is 0 Å². The van der Waals surface area contributed by atoms with Crippen molar-refractivity contribution in [2.75, 3.05) is 31.1 Å². The Balaban J connectivity index is 1.65. The minimum absolute atomic E-state index is 0.267. The van der Waals surface area contributed by atoms with E-state index < -0.39 is 0 Å². The quantitative estimate of drug-likeness (QED) is 0.877. The van der Waals surface area contributed by atoms with E-state index >= 15 is 0 Å². The van der Waals surface area contributed by atoms with Crippen molar-refractivity contribution in [3.63, 3.8) is 0 Å². The summed E-state index contributed by atoms with van der Waals surface area (Å²) in [4.78, 5) is 19.8. The first-order valence-electron chi connectivity index (χ1n) is 6.52. The van der Waals surface area contributed by atoms with Gasteiger partial charge in [0.2, 0.25) is 5.95 Å². The van der Waals surface area contributed by atoms with Crippen molar-refractivity contribution < 1.29 is 0 Å². The lowest BCUT2D eigenvalue weighted by Crippen LogP contribution is -2.48. The number of nitrogens with zero attached hydrogens (tertiary/aromatic N) is 6. The molecule has 0 bridgehead atoms. The Morgan fingerprint density at radius 1 is 1.20 bits per heavy atom. The van der Waals surface area contributed by atoms with E-state index in [9.17, 15) is 5.26 Å². The number of H-pyrrole nitrogens is 1. The van der Waals surface area contributed by atoms with Crippen LogP contribution in [0.3, 0.4) is 0 Å². The highest BCUT2D eigenvalue weighted by Crippen LogP contribution is 2.20. The predicted molar refractivity (Wildman–Crippen MR) is 72.8 cm³/mol. The number of hydrogen-bond donors (Lipinski definition) is 1. The number of anilines is 1. The van der Waals surface area contributed by atoms with Gasteiger partial charge < -0.3 is 9.88 Å². The zero-order valence-electron chi connectivity index (χ0n) is 11.0. The van der Waals surface area contributed by atoms with Gasteiger partial charge in [-0.1, -0.05) is 0 Å². The summed E-state index contributed by atoms with van der Waals surface area (Å²) in [5.41, 5.74) is 0.844. The molecule has 0 aromatic carbocycles. The molecule has 2 aromatic heterocycles. The second-order valence-electron chi connectivity index (χ2n) is 4.61. The van der Waals surface area contributed by atoms with Crippen molar-refractivity contribution in [2.45, 2.75) is 6.04 Å². The Morgan fingerprint density at radius 3 is 2.55 bits per heavy atom. The van der Waals surface area contributed by atoms with Crippen LogP contribution in [0.1, 0.15) is 11.7 Å². The number of hydrogen-bond acceptors (Lipinski definition) is 6. The van der Waals surface area contributed by atoms with E-state index in [1.165, 1.54) is 0 Å². The standard InChI is InChI=1S/C13H15N7/c14-8-12(11-9-15-10-18-11)19-4-6-20(7-5-19)13-16-2-1-3-17-13/h1-3,9-10,12H,4-7H2,(H,15,18). The van der Waals surface area contributed by atoms with Gasteiger partial charge in [-0.3, -0.25) is 4.90 Å². The smallest absolute Gasteiger partial charge is 0.225 e. The molecule has 0 radical (unpaired) electrons. The number of nitriles is 1. The van der Waals surface area contributed by atoms with E-state index in [2.05, 4.69) is 35.8 Å². The summed E-state index contributed by atoms with van der Waals surface area (Å²) >= 11 is 0. The lowest BCUT2D eigenvalue weighted by molar-refractivity contribution is 0.218. The highest BCUT2D eigenvalue weighted by Gasteiger charge is 2.26. The molecule has 7 heteroatoms. The fraction of sp³-hybridized carbons (Fsp3) is 0.385. The summed E-state index contributed by atoms with van der Waals surface area (Å²) in [6, 6.07) is 3.88. The fourth-order valence-corrected chi connectivity index (χ4v) is 2.40. The van der Waals surface area contributed by atoms with Crippen molar-refractivity contribution in [1.82, 2.24) is 24.8 Å². The monoisotopic (exact) mass is 269 g/mol. The Hall–Kier alpha value is -2.46. The van der Waals surface area contributed by atoms with Crippen LogP contribution in [0.15, 0.2) is 31.0 Å². The van der Waals surface area contributed by atoms with Crippen LogP contribution in [0.4, 0.5) is 5.95 Å². The molecule has 0 amide bonds. The average Bonchev–Trinajstić information content (AvgIpc) is 3.04. The van der Waals surface area contributed by atoms with Gasteiger partial charge in [0, 0.05) is 38.6 Å². The molecule has 102 valence electrons. The van der Waals surface area contributed by atoms with Crippen LogP contribution in [-0.2, 0) is 0 Å². The van der Waals surface area contributed by atoms with Crippen LogP contribution >= 0.6 is 0 Å². The number of nitrogens with one attached hydrogen (secondary N) is 1. The first-order chi connectivity index (χ1) is 9.88. The molecule has 1 aliphatic heterocycles. The second kappa shape index (κ2) is 5.67. The largest absolute Gasteiger partial charge is 0.346 e. The van der Waals surface area contributed by atoms with E-state index in [1.54, 1.807) is 24.9 Å². The summed E-state index contributed by atoms with van der Waals surface area (Å²) < 4.78 is 0. The Morgan fingerprint density at radius 2 is 1.95 bits per heavy atom. The van der Waals surface area contributed by atoms with Gasteiger partial charge >= 0.3 is 0 Å². The summed E-state index contributed by atoms with van der Waals surface area (Å²) in [7, 11) is 0. The minimum Gasteiger partial charge on any atom is -0.346 e. The van der Waals surface area contributed by atoms with E-state index in [4.69, 9.17) is 0 Å². The molecule has 0 aliphatic carbocycles. The maximum Gasteiger partial charge on any atom is 0.225 e. The molecule has 1 fully saturated rings. The Bertz CT molecular complexity index is 567. The third-order valence-electron chi connectivity index (χ3n) is 3.45. The highest BCUT2D eigenvalue weighted by atomic mass is 15.3. The lowest BCUT2D eigenvalue weighted by atomic mass is 10.2. The molecule has 2 aromatic rings. The van der Waals surface area contributed by atoms with Crippen LogP contribution in [-0.4, -0.2) is 51.0 Å². The normalized spacial score (nSPS) is 17.6. The number of piperazine rings is 1. The van der Waals surface area contributed by atoms with Gasteiger partial charge in [-0.15, -0.1) is 0 Å². The molecule has 1 atom stereocenters. The van der Waals surface area contributed by atoms with Crippen molar-refractivity contribution in [3.8, 4) is 6.07 Å². The van der Waals surface area contributed by atoms with Gasteiger partial charge in [-0.25, -0.2) is 15.0 Å². The average molecular weight is 269 g/mol. The molecular formula is C13H15N7. The third-order valence-corrected chi connectivity index (χ3v) is 3.45. The summed E-state index contributed by atoms with van der Waals surface area (Å²) in [5.74, 6) is 0.752. The Labute approximate surface area is 116 Å². The minimum atomic E-state index is -0.267. The first kappa shape index (κ1) is 12.6. The van der Waals surface area contributed by atoms with E-state index in [-0.39, 0.29) is 6.04 Å². The van der Waals surface area contributed by atoms with Crippen molar-refractivity contribution >= 4 is 5.95 Å². The molecule has 3 rings (SSSR count). The summed E-state index contributed by atoms with van der Waals surface area (Å²) in [5, 5.41) is 9.36. The van der Waals surface area contributed by atoms with Crippen molar-refractivity contribution in [3.05, 3.63) is 36.7 Å². The summed E-state index contributed by atoms with van der Waals surface area (Å²) in [6.07, 6.45) is 6.81. The van der Waals surface area contributed by atoms with E-state index in [0.29, 0.717) is 0 Å². The summed E-state index contributed by atoms with van der Waals surface area (Å²) in [6.45, 7) is 3.23. The van der Waals surface area contributed by atoms with Crippen LogP contribution in [0.5, 0.6) is 0 Å². The molecule has 1 aliphatic rings.